The van der Waals surface area contributed by atoms with E-state index in [4.69, 9.17) is 9.47 Å². The fourth-order valence-electron chi connectivity index (χ4n) is 1.95. The third-order valence-electron chi connectivity index (χ3n) is 2.95. The predicted molar refractivity (Wildman–Crippen MR) is 80.4 cm³/mol. The van der Waals surface area contributed by atoms with Gasteiger partial charge in [-0.3, -0.25) is 0 Å². The minimum Gasteiger partial charge on any atom is -0.497 e. The Morgan fingerprint density at radius 2 is 1.89 bits per heavy atom. The van der Waals surface area contributed by atoms with Gasteiger partial charge in [-0.15, -0.1) is 11.3 Å². The van der Waals surface area contributed by atoms with Crippen LogP contribution in [0.15, 0.2) is 28.1 Å². The zero-order valence-corrected chi connectivity index (χ0v) is 13.3. The molecule has 19 heavy (non-hydrogen) atoms. The summed E-state index contributed by atoms with van der Waals surface area (Å²) >= 11 is 5.04. The number of benzene rings is 1. The maximum Gasteiger partial charge on any atom is 0.125 e. The van der Waals surface area contributed by atoms with Gasteiger partial charge in [-0.05, 0) is 52.7 Å². The molecular weight excluding hydrogens is 328 g/mol. The second kappa shape index (κ2) is 5.94. The molecule has 0 saturated heterocycles. The molecule has 2 aromatic rings. The van der Waals surface area contributed by atoms with E-state index in [1.807, 2.05) is 19.1 Å². The summed E-state index contributed by atoms with van der Waals surface area (Å²) in [5.41, 5.74) is 1.58. The zero-order chi connectivity index (χ0) is 14.0. The van der Waals surface area contributed by atoms with Gasteiger partial charge in [0.2, 0.25) is 0 Å². The Kier molecular flexibility index (Phi) is 4.50. The van der Waals surface area contributed by atoms with Crippen LogP contribution in [-0.2, 0) is 0 Å². The van der Waals surface area contributed by atoms with E-state index in [1.165, 1.54) is 0 Å². The van der Waals surface area contributed by atoms with Crippen molar-refractivity contribution in [3.63, 3.8) is 0 Å². The Morgan fingerprint density at radius 1 is 1.16 bits per heavy atom. The van der Waals surface area contributed by atoms with E-state index in [2.05, 4.69) is 15.9 Å². The summed E-state index contributed by atoms with van der Waals surface area (Å²) in [5, 5.41) is 10.6. The smallest absolute Gasteiger partial charge is 0.125 e. The van der Waals surface area contributed by atoms with E-state index >= 15 is 0 Å². The fraction of sp³-hybridized carbons (Fsp3) is 0.286. The molecule has 3 nitrogen and oxygen atoms in total. The Hall–Kier alpha value is -1.04. The number of hydrogen-bond donors (Lipinski definition) is 1. The number of rotatable bonds is 4. The van der Waals surface area contributed by atoms with Gasteiger partial charge < -0.3 is 14.6 Å². The molecule has 1 heterocycles. The SMILES string of the molecule is COc1ccc(OC)c(C(O)c2cc(Br)sc2C)c1. The van der Waals surface area contributed by atoms with Crippen molar-refractivity contribution in [1.29, 1.82) is 0 Å². The lowest BCUT2D eigenvalue weighted by Gasteiger charge is -2.16. The van der Waals surface area contributed by atoms with Gasteiger partial charge in [0.15, 0.2) is 0 Å². The van der Waals surface area contributed by atoms with Gasteiger partial charge in [-0.1, -0.05) is 0 Å². The van der Waals surface area contributed by atoms with Crippen LogP contribution in [-0.4, -0.2) is 19.3 Å². The molecule has 1 unspecified atom stereocenters. The maximum absolute atomic E-state index is 10.6. The summed E-state index contributed by atoms with van der Waals surface area (Å²) in [5.74, 6) is 1.34. The number of hydrogen-bond acceptors (Lipinski definition) is 4. The van der Waals surface area contributed by atoms with Gasteiger partial charge >= 0.3 is 0 Å². The summed E-state index contributed by atoms with van der Waals surface area (Å²) in [6.07, 6.45) is -0.729. The Morgan fingerprint density at radius 3 is 2.42 bits per heavy atom. The van der Waals surface area contributed by atoms with Gasteiger partial charge in [0.1, 0.15) is 17.6 Å². The highest BCUT2D eigenvalue weighted by atomic mass is 79.9. The van der Waals surface area contributed by atoms with Gasteiger partial charge in [0.05, 0.1) is 18.0 Å². The van der Waals surface area contributed by atoms with Crippen molar-refractivity contribution in [2.24, 2.45) is 0 Å². The average molecular weight is 343 g/mol. The van der Waals surface area contributed by atoms with Crippen LogP contribution < -0.4 is 9.47 Å². The Balaban J connectivity index is 2.47. The molecule has 0 radical (unpaired) electrons. The molecular formula is C14H15BrO3S. The van der Waals surface area contributed by atoms with E-state index in [0.29, 0.717) is 17.1 Å². The molecule has 0 saturated carbocycles. The molecule has 1 aromatic heterocycles. The number of thiophene rings is 1. The van der Waals surface area contributed by atoms with Crippen molar-refractivity contribution in [1.82, 2.24) is 0 Å². The first-order chi connectivity index (χ1) is 9.06. The standard InChI is InChI=1S/C14H15BrO3S/c1-8-10(7-13(15)19-8)14(16)11-6-9(17-2)4-5-12(11)18-3/h4-7,14,16H,1-3H3. The van der Waals surface area contributed by atoms with Crippen molar-refractivity contribution < 1.29 is 14.6 Å². The molecule has 0 spiro atoms. The summed E-state index contributed by atoms with van der Waals surface area (Å²) in [6, 6.07) is 7.34. The maximum atomic E-state index is 10.6. The Labute approximate surface area is 124 Å². The molecule has 1 N–H and O–H groups in total. The molecule has 0 aliphatic carbocycles. The highest BCUT2D eigenvalue weighted by molar-refractivity contribution is 9.11. The van der Waals surface area contributed by atoms with E-state index < -0.39 is 6.10 Å². The van der Waals surface area contributed by atoms with Crippen LogP contribution >= 0.6 is 27.3 Å². The van der Waals surface area contributed by atoms with E-state index in [0.717, 1.165) is 14.2 Å². The number of methoxy groups -OCH3 is 2. The molecule has 0 aliphatic rings. The molecule has 102 valence electrons. The number of aryl methyl sites for hydroxylation is 1. The summed E-state index contributed by atoms with van der Waals surface area (Å²) in [4.78, 5) is 1.07. The van der Waals surface area contributed by atoms with Crippen LogP contribution in [0.3, 0.4) is 0 Å². The van der Waals surface area contributed by atoms with Crippen LogP contribution in [0.2, 0.25) is 0 Å². The van der Waals surface area contributed by atoms with Crippen LogP contribution in [0.4, 0.5) is 0 Å². The lowest BCUT2D eigenvalue weighted by molar-refractivity contribution is 0.214. The molecule has 0 aliphatic heterocycles. The second-order valence-electron chi connectivity index (χ2n) is 4.07. The highest BCUT2D eigenvalue weighted by Gasteiger charge is 2.20. The van der Waals surface area contributed by atoms with Crippen molar-refractivity contribution >= 4 is 27.3 Å². The third-order valence-corrected chi connectivity index (χ3v) is 4.52. The topological polar surface area (TPSA) is 38.7 Å². The van der Waals surface area contributed by atoms with Crippen LogP contribution in [0, 0.1) is 6.92 Å². The van der Waals surface area contributed by atoms with Crippen molar-refractivity contribution in [3.8, 4) is 11.5 Å². The predicted octanol–water partition coefficient (Wildman–Crippen LogP) is 3.92. The number of ether oxygens (including phenoxy) is 2. The molecule has 0 bridgehead atoms. The number of aliphatic hydroxyl groups excluding tert-OH is 1. The highest BCUT2D eigenvalue weighted by Crippen LogP contribution is 2.38. The lowest BCUT2D eigenvalue weighted by atomic mass is 10.0. The molecule has 5 heteroatoms. The van der Waals surface area contributed by atoms with E-state index in [9.17, 15) is 5.11 Å². The summed E-state index contributed by atoms with van der Waals surface area (Å²) in [7, 11) is 3.19. The molecule has 1 aromatic carbocycles. The van der Waals surface area contributed by atoms with Gasteiger partial charge in [0.25, 0.3) is 0 Å². The first kappa shape index (κ1) is 14.4. The summed E-state index contributed by atoms with van der Waals surface area (Å²) in [6.45, 7) is 1.99. The van der Waals surface area contributed by atoms with Crippen LogP contribution in [0.25, 0.3) is 0 Å². The molecule has 0 fully saturated rings. The monoisotopic (exact) mass is 342 g/mol. The minimum absolute atomic E-state index is 0.648. The van der Waals surface area contributed by atoms with Gasteiger partial charge in [0, 0.05) is 10.4 Å². The first-order valence-electron chi connectivity index (χ1n) is 5.72. The minimum atomic E-state index is -0.729. The van der Waals surface area contributed by atoms with Crippen LogP contribution in [0.1, 0.15) is 22.1 Å². The third kappa shape index (κ3) is 2.94. The normalized spacial score (nSPS) is 12.3. The van der Waals surface area contributed by atoms with E-state index in [-0.39, 0.29) is 0 Å². The lowest BCUT2D eigenvalue weighted by Crippen LogP contribution is -2.03. The molecule has 2 rings (SSSR count). The second-order valence-corrected chi connectivity index (χ2v) is 6.71. The summed E-state index contributed by atoms with van der Waals surface area (Å²) < 4.78 is 11.5. The zero-order valence-electron chi connectivity index (χ0n) is 10.9. The van der Waals surface area contributed by atoms with Gasteiger partial charge in [-0.2, -0.15) is 0 Å². The molecule has 0 amide bonds. The van der Waals surface area contributed by atoms with Crippen molar-refractivity contribution in [2.75, 3.05) is 14.2 Å². The number of halogens is 1. The first-order valence-corrected chi connectivity index (χ1v) is 7.33. The quantitative estimate of drug-likeness (QED) is 0.915. The van der Waals surface area contributed by atoms with Crippen molar-refractivity contribution in [2.45, 2.75) is 13.0 Å². The fourth-order valence-corrected chi connectivity index (χ4v) is 3.69. The molecule has 1 atom stereocenters. The average Bonchev–Trinajstić information content (AvgIpc) is 2.76. The largest absolute Gasteiger partial charge is 0.497 e. The van der Waals surface area contributed by atoms with E-state index in [1.54, 1.807) is 37.7 Å². The van der Waals surface area contributed by atoms with Crippen LogP contribution in [0.5, 0.6) is 11.5 Å². The number of aliphatic hydroxyl groups is 1. The van der Waals surface area contributed by atoms with Gasteiger partial charge in [-0.25, -0.2) is 0 Å². The Bertz CT molecular complexity index is 580. The van der Waals surface area contributed by atoms with Crippen molar-refractivity contribution in [3.05, 3.63) is 44.1 Å².